The Kier molecular flexibility index (Phi) is 3.46. The molecule has 0 saturated heterocycles. The highest BCUT2D eigenvalue weighted by Crippen LogP contribution is 2.40. The summed E-state index contributed by atoms with van der Waals surface area (Å²) < 4.78 is 0. The first-order valence-corrected chi connectivity index (χ1v) is 7.22. The zero-order valence-corrected chi connectivity index (χ0v) is 10.9. The Hall–Kier alpha value is -1.16. The Morgan fingerprint density at radius 3 is 2.78 bits per heavy atom. The number of aliphatic hydroxyl groups is 1. The fourth-order valence-corrected chi connectivity index (χ4v) is 3.05. The molecule has 1 aliphatic rings. The van der Waals surface area contributed by atoms with E-state index in [1.54, 1.807) is 11.3 Å². The van der Waals surface area contributed by atoms with Crippen LogP contribution in [0.1, 0.15) is 28.9 Å². The third-order valence-electron chi connectivity index (χ3n) is 3.46. The van der Waals surface area contributed by atoms with Gasteiger partial charge in [0.1, 0.15) is 6.10 Å². The number of benzene rings is 1. The molecule has 3 unspecified atom stereocenters. The zero-order valence-electron chi connectivity index (χ0n) is 10.1. The van der Waals surface area contributed by atoms with Crippen molar-refractivity contribution < 1.29 is 5.11 Å². The van der Waals surface area contributed by atoms with E-state index >= 15 is 0 Å². The third kappa shape index (κ3) is 2.64. The standard InChI is InChI=1S/C15H17NOS/c17-14(15-7-4-8-18-15)10-16-13-9-12(13)11-5-2-1-3-6-11/h1-8,12-14,16-17H,9-10H2. The Morgan fingerprint density at radius 1 is 1.22 bits per heavy atom. The van der Waals surface area contributed by atoms with Crippen molar-refractivity contribution in [3.8, 4) is 0 Å². The van der Waals surface area contributed by atoms with E-state index < -0.39 is 0 Å². The molecule has 94 valence electrons. The van der Waals surface area contributed by atoms with E-state index in [1.165, 1.54) is 12.0 Å². The minimum atomic E-state index is -0.373. The molecule has 2 nitrogen and oxygen atoms in total. The van der Waals surface area contributed by atoms with Gasteiger partial charge in [0.2, 0.25) is 0 Å². The van der Waals surface area contributed by atoms with E-state index in [0.717, 1.165) is 4.88 Å². The fraction of sp³-hybridized carbons (Fsp3) is 0.333. The van der Waals surface area contributed by atoms with Crippen LogP contribution in [-0.4, -0.2) is 17.7 Å². The van der Waals surface area contributed by atoms with Gasteiger partial charge < -0.3 is 10.4 Å². The molecule has 1 fully saturated rings. The number of thiophene rings is 1. The minimum Gasteiger partial charge on any atom is -0.386 e. The highest BCUT2D eigenvalue weighted by molar-refractivity contribution is 7.10. The molecule has 3 rings (SSSR count). The van der Waals surface area contributed by atoms with Crippen molar-refractivity contribution in [2.75, 3.05) is 6.54 Å². The monoisotopic (exact) mass is 259 g/mol. The summed E-state index contributed by atoms with van der Waals surface area (Å²) in [6, 6.07) is 15.1. The molecule has 1 aromatic heterocycles. The average molecular weight is 259 g/mol. The SMILES string of the molecule is OC(CNC1CC1c1ccccc1)c1cccs1. The highest BCUT2D eigenvalue weighted by Gasteiger charge is 2.37. The lowest BCUT2D eigenvalue weighted by atomic mass is 10.1. The van der Waals surface area contributed by atoms with Crippen LogP contribution in [0.4, 0.5) is 0 Å². The van der Waals surface area contributed by atoms with Gasteiger partial charge in [-0.15, -0.1) is 11.3 Å². The first kappa shape index (κ1) is 11.9. The van der Waals surface area contributed by atoms with Gasteiger partial charge in [-0.05, 0) is 23.4 Å². The van der Waals surface area contributed by atoms with Crippen LogP contribution in [0.5, 0.6) is 0 Å². The van der Waals surface area contributed by atoms with Gasteiger partial charge in [-0.2, -0.15) is 0 Å². The second-order valence-electron chi connectivity index (χ2n) is 4.80. The lowest BCUT2D eigenvalue weighted by Gasteiger charge is -2.10. The van der Waals surface area contributed by atoms with Crippen molar-refractivity contribution >= 4 is 11.3 Å². The van der Waals surface area contributed by atoms with Crippen molar-refractivity contribution in [1.29, 1.82) is 0 Å². The molecule has 0 amide bonds. The van der Waals surface area contributed by atoms with Crippen LogP contribution in [-0.2, 0) is 0 Å². The van der Waals surface area contributed by atoms with E-state index in [9.17, 15) is 5.11 Å². The smallest absolute Gasteiger partial charge is 0.101 e. The van der Waals surface area contributed by atoms with Gasteiger partial charge in [0.15, 0.2) is 0 Å². The first-order chi connectivity index (χ1) is 8.84. The number of aliphatic hydroxyl groups excluding tert-OH is 1. The Morgan fingerprint density at radius 2 is 2.06 bits per heavy atom. The van der Waals surface area contributed by atoms with Gasteiger partial charge in [-0.25, -0.2) is 0 Å². The predicted octanol–water partition coefficient (Wildman–Crippen LogP) is 2.93. The van der Waals surface area contributed by atoms with Gasteiger partial charge in [-0.1, -0.05) is 36.4 Å². The predicted molar refractivity (Wildman–Crippen MR) is 74.9 cm³/mol. The Bertz CT molecular complexity index is 482. The van der Waals surface area contributed by atoms with E-state index in [0.29, 0.717) is 18.5 Å². The number of nitrogens with one attached hydrogen (secondary N) is 1. The van der Waals surface area contributed by atoms with E-state index in [1.807, 2.05) is 17.5 Å². The number of hydrogen-bond donors (Lipinski definition) is 2. The highest BCUT2D eigenvalue weighted by atomic mass is 32.1. The topological polar surface area (TPSA) is 32.3 Å². The molecule has 18 heavy (non-hydrogen) atoms. The van der Waals surface area contributed by atoms with Gasteiger partial charge in [0.05, 0.1) is 0 Å². The van der Waals surface area contributed by atoms with Crippen LogP contribution in [0.3, 0.4) is 0 Å². The molecule has 3 atom stereocenters. The van der Waals surface area contributed by atoms with Crippen LogP contribution in [0.2, 0.25) is 0 Å². The Labute approximate surface area is 111 Å². The summed E-state index contributed by atoms with van der Waals surface area (Å²) in [4.78, 5) is 1.04. The van der Waals surface area contributed by atoms with Crippen molar-refractivity contribution in [3.05, 3.63) is 58.3 Å². The van der Waals surface area contributed by atoms with Gasteiger partial charge in [0.25, 0.3) is 0 Å². The van der Waals surface area contributed by atoms with E-state index in [2.05, 4.69) is 35.6 Å². The fourth-order valence-electron chi connectivity index (χ4n) is 2.33. The molecular weight excluding hydrogens is 242 g/mol. The van der Waals surface area contributed by atoms with Crippen molar-refractivity contribution in [2.24, 2.45) is 0 Å². The molecular formula is C15H17NOS. The number of rotatable bonds is 5. The molecule has 2 N–H and O–H groups in total. The van der Waals surface area contributed by atoms with Gasteiger partial charge >= 0.3 is 0 Å². The van der Waals surface area contributed by atoms with Crippen molar-refractivity contribution in [3.63, 3.8) is 0 Å². The maximum atomic E-state index is 9.99. The summed E-state index contributed by atoms with van der Waals surface area (Å²) in [5.41, 5.74) is 1.40. The molecule has 0 aliphatic heterocycles. The quantitative estimate of drug-likeness (QED) is 0.865. The second-order valence-corrected chi connectivity index (χ2v) is 5.78. The minimum absolute atomic E-state index is 0.373. The van der Waals surface area contributed by atoms with Crippen LogP contribution in [0, 0.1) is 0 Å². The maximum Gasteiger partial charge on any atom is 0.101 e. The summed E-state index contributed by atoms with van der Waals surface area (Å²) in [5.74, 6) is 0.627. The molecule has 1 saturated carbocycles. The van der Waals surface area contributed by atoms with Crippen molar-refractivity contribution in [1.82, 2.24) is 5.32 Å². The van der Waals surface area contributed by atoms with Crippen LogP contribution >= 0.6 is 11.3 Å². The molecule has 1 aromatic carbocycles. The molecule has 1 heterocycles. The van der Waals surface area contributed by atoms with Gasteiger partial charge in [-0.3, -0.25) is 0 Å². The molecule has 3 heteroatoms. The van der Waals surface area contributed by atoms with Crippen LogP contribution < -0.4 is 5.32 Å². The maximum absolute atomic E-state index is 9.99. The molecule has 0 spiro atoms. The summed E-state index contributed by atoms with van der Waals surface area (Å²) in [6.07, 6.45) is 0.809. The van der Waals surface area contributed by atoms with Crippen molar-refractivity contribution in [2.45, 2.75) is 24.5 Å². The summed E-state index contributed by atoms with van der Waals surface area (Å²) in [5, 5.41) is 15.4. The van der Waals surface area contributed by atoms with Gasteiger partial charge in [0, 0.05) is 23.4 Å². The lowest BCUT2D eigenvalue weighted by Crippen LogP contribution is -2.24. The van der Waals surface area contributed by atoms with Crippen LogP contribution in [0.25, 0.3) is 0 Å². The summed E-state index contributed by atoms with van der Waals surface area (Å²) >= 11 is 1.61. The number of hydrogen-bond acceptors (Lipinski definition) is 3. The third-order valence-corrected chi connectivity index (χ3v) is 4.44. The first-order valence-electron chi connectivity index (χ1n) is 6.34. The summed E-state index contributed by atoms with van der Waals surface area (Å²) in [6.45, 7) is 0.647. The average Bonchev–Trinajstić information content (AvgIpc) is 2.98. The van der Waals surface area contributed by atoms with Crippen LogP contribution in [0.15, 0.2) is 47.8 Å². The zero-order chi connectivity index (χ0) is 12.4. The lowest BCUT2D eigenvalue weighted by molar-refractivity contribution is 0.177. The molecule has 2 aromatic rings. The Balaban J connectivity index is 1.49. The van der Waals surface area contributed by atoms with E-state index in [-0.39, 0.29) is 6.10 Å². The normalized spacial score (nSPS) is 23.8. The molecule has 0 bridgehead atoms. The largest absolute Gasteiger partial charge is 0.386 e. The summed E-state index contributed by atoms with van der Waals surface area (Å²) in [7, 11) is 0. The van der Waals surface area contributed by atoms with E-state index in [4.69, 9.17) is 0 Å². The second kappa shape index (κ2) is 5.22. The molecule has 0 radical (unpaired) electrons. The molecule has 1 aliphatic carbocycles.